The van der Waals surface area contributed by atoms with Crippen molar-refractivity contribution in [2.75, 3.05) is 39.3 Å². The summed E-state index contributed by atoms with van der Waals surface area (Å²) in [6.07, 6.45) is -0.312. The Morgan fingerprint density at radius 2 is 1.26 bits per heavy atom. The molecule has 0 unspecified atom stereocenters. The van der Waals surface area contributed by atoms with Gasteiger partial charge in [-0.1, -0.05) is 60.7 Å². The molecule has 1 amide bonds. The van der Waals surface area contributed by atoms with Crippen LogP contribution in [0.2, 0.25) is 0 Å². The van der Waals surface area contributed by atoms with Crippen LogP contribution >= 0.6 is 0 Å². The summed E-state index contributed by atoms with van der Waals surface area (Å²) >= 11 is 0. The van der Waals surface area contributed by atoms with Crippen LogP contribution in [0.1, 0.15) is 41.4 Å². The average molecular weight is 534 g/mol. The van der Waals surface area contributed by atoms with E-state index in [1.807, 2.05) is 30.9 Å². The largest absolute Gasteiger partial charge is 0.373 e. The van der Waals surface area contributed by atoms with Gasteiger partial charge in [0.05, 0.1) is 23.1 Å². The first-order valence-corrected chi connectivity index (χ1v) is 14.7. The van der Waals surface area contributed by atoms with E-state index in [1.54, 1.807) is 24.3 Å². The number of carbonyl (C=O) groups is 1. The molecule has 0 aliphatic carbocycles. The first-order chi connectivity index (χ1) is 18.3. The molecule has 0 aromatic heterocycles. The number of sulfonamides is 1. The molecular weight excluding hydrogens is 498 g/mol. The van der Waals surface area contributed by atoms with Crippen LogP contribution in [0.5, 0.6) is 0 Å². The van der Waals surface area contributed by atoms with Crippen LogP contribution < -0.4 is 0 Å². The zero-order valence-corrected chi connectivity index (χ0v) is 22.8. The topological polar surface area (TPSA) is 70.2 Å². The molecule has 3 aromatic rings. The SMILES string of the molecule is C[C@@H]1CN(S(=O)(=O)c2ccc(C(=O)N3CCN(C(c4ccccc4)c4ccccc4)CC3)cc2)C[C@@H](C)O1. The summed E-state index contributed by atoms with van der Waals surface area (Å²) in [7, 11) is -3.64. The Morgan fingerprint density at radius 3 is 1.76 bits per heavy atom. The molecule has 2 fully saturated rings. The van der Waals surface area contributed by atoms with E-state index in [0.29, 0.717) is 31.7 Å². The lowest BCUT2D eigenvalue weighted by molar-refractivity contribution is -0.0440. The molecule has 2 saturated heterocycles. The van der Waals surface area contributed by atoms with Crippen LogP contribution in [0.15, 0.2) is 89.8 Å². The van der Waals surface area contributed by atoms with Gasteiger partial charge in [0.2, 0.25) is 10.0 Å². The fourth-order valence-electron chi connectivity index (χ4n) is 5.50. The third kappa shape index (κ3) is 5.68. The Morgan fingerprint density at radius 1 is 0.763 bits per heavy atom. The first-order valence-electron chi connectivity index (χ1n) is 13.2. The Kier molecular flexibility index (Phi) is 7.95. The summed E-state index contributed by atoms with van der Waals surface area (Å²) in [6.45, 7) is 7.12. The van der Waals surface area contributed by atoms with E-state index < -0.39 is 10.0 Å². The second kappa shape index (κ2) is 11.4. The molecule has 38 heavy (non-hydrogen) atoms. The van der Waals surface area contributed by atoms with E-state index in [9.17, 15) is 13.2 Å². The molecule has 2 heterocycles. The third-order valence-electron chi connectivity index (χ3n) is 7.32. The van der Waals surface area contributed by atoms with Gasteiger partial charge in [0.25, 0.3) is 5.91 Å². The van der Waals surface area contributed by atoms with Gasteiger partial charge >= 0.3 is 0 Å². The molecule has 2 aliphatic rings. The maximum Gasteiger partial charge on any atom is 0.253 e. The maximum absolute atomic E-state index is 13.3. The molecule has 0 N–H and O–H groups in total. The van der Waals surface area contributed by atoms with Gasteiger partial charge in [-0.3, -0.25) is 9.69 Å². The highest BCUT2D eigenvalue weighted by Crippen LogP contribution is 2.30. The molecule has 0 saturated carbocycles. The monoisotopic (exact) mass is 533 g/mol. The van der Waals surface area contributed by atoms with Crippen LogP contribution in [0.25, 0.3) is 0 Å². The molecule has 7 nitrogen and oxygen atoms in total. The minimum absolute atomic E-state index is 0.0711. The summed E-state index contributed by atoms with van der Waals surface area (Å²) in [5.74, 6) is -0.0711. The number of hydrogen-bond donors (Lipinski definition) is 0. The van der Waals surface area contributed by atoms with Crippen molar-refractivity contribution in [1.29, 1.82) is 0 Å². The minimum Gasteiger partial charge on any atom is -0.373 e. The van der Waals surface area contributed by atoms with Crippen molar-refractivity contribution in [2.24, 2.45) is 0 Å². The highest BCUT2D eigenvalue weighted by Gasteiger charge is 2.33. The lowest BCUT2D eigenvalue weighted by Gasteiger charge is -2.39. The molecule has 0 bridgehead atoms. The Bertz CT molecular complexity index is 1280. The van der Waals surface area contributed by atoms with Crippen molar-refractivity contribution in [3.8, 4) is 0 Å². The summed E-state index contributed by atoms with van der Waals surface area (Å²) in [6, 6.07) is 27.4. The van der Waals surface area contributed by atoms with E-state index in [2.05, 4.69) is 53.4 Å². The average Bonchev–Trinajstić information content (AvgIpc) is 2.94. The number of benzene rings is 3. The molecule has 2 atom stereocenters. The molecule has 8 heteroatoms. The summed E-state index contributed by atoms with van der Waals surface area (Å²) in [5, 5.41) is 0. The smallest absolute Gasteiger partial charge is 0.253 e. The quantitative estimate of drug-likeness (QED) is 0.479. The van der Waals surface area contributed by atoms with Gasteiger partial charge in [-0.25, -0.2) is 8.42 Å². The van der Waals surface area contributed by atoms with E-state index in [0.717, 1.165) is 13.1 Å². The maximum atomic E-state index is 13.3. The number of rotatable bonds is 6. The molecule has 0 spiro atoms. The van der Waals surface area contributed by atoms with Gasteiger partial charge in [0.15, 0.2) is 0 Å². The van der Waals surface area contributed by atoms with Gasteiger partial charge in [-0.15, -0.1) is 0 Å². The van der Waals surface area contributed by atoms with E-state index in [1.165, 1.54) is 15.4 Å². The molecule has 0 radical (unpaired) electrons. The Balaban J connectivity index is 1.26. The second-order valence-corrected chi connectivity index (χ2v) is 12.1. The number of ether oxygens (including phenoxy) is 1. The van der Waals surface area contributed by atoms with Gasteiger partial charge in [0, 0.05) is 44.8 Å². The van der Waals surface area contributed by atoms with Gasteiger partial charge < -0.3 is 9.64 Å². The number of morpholine rings is 1. The van der Waals surface area contributed by atoms with Crippen molar-refractivity contribution in [3.63, 3.8) is 0 Å². The fraction of sp³-hybridized carbons (Fsp3) is 0.367. The highest BCUT2D eigenvalue weighted by molar-refractivity contribution is 7.89. The van der Waals surface area contributed by atoms with Crippen LogP contribution in [-0.2, 0) is 14.8 Å². The van der Waals surface area contributed by atoms with Gasteiger partial charge in [0.1, 0.15) is 0 Å². The van der Waals surface area contributed by atoms with Crippen LogP contribution in [0.3, 0.4) is 0 Å². The fourth-order valence-corrected chi connectivity index (χ4v) is 7.09. The lowest BCUT2D eigenvalue weighted by atomic mass is 9.96. The van der Waals surface area contributed by atoms with Gasteiger partial charge in [-0.2, -0.15) is 4.31 Å². The highest BCUT2D eigenvalue weighted by atomic mass is 32.2. The summed E-state index contributed by atoms with van der Waals surface area (Å²) in [4.78, 5) is 17.8. The van der Waals surface area contributed by atoms with Crippen molar-refractivity contribution < 1.29 is 17.9 Å². The lowest BCUT2D eigenvalue weighted by Crippen LogP contribution is -2.49. The van der Waals surface area contributed by atoms with Crippen LogP contribution in [-0.4, -0.2) is 79.9 Å². The molecule has 2 aliphatic heterocycles. The van der Waals surface area contributed by atoms with Gasteiger partial charge in [-0.05, 0) is 49.2 Å². The number of carbonyl (C=O) groups excluding carboxylic acids is 1. The van der Waals surface area contributed by atoms with E-state index in [4.69, 9.17) is 4.74 Å². The standard InChI is InChI=1S/C30H35N3O4S/c1-23-21-33(22-24(2)37-23)38(35,36)28-15-13-27(14-16-28)30(34)32-19-17-31(18-20-32)29(25-9-5-3-6-10-25)26-11-7-4-8-12-26/h3-16,23-24,29H,17-22H2,1-2H3/t23-,24-/m1/s1. The molecular formula is C30H35N3O4S. The number of hydrogen-bond acceptors (Lipinski definition) is 5. The number of piperazine rings is 1. The predicted octanol–water partition coefficient (Wildman–Crippen LogP) is 4.03. The predicted molar refractivity (Wildman–Crippen MR) is 147 cm³/mol. The summed E-state index contributed by atoms with van der Waals surface area (Å²) < 4.78 is 33.5. The van der Waals surface area contributed by atoms with Crippen LogP contribution in [0.4, 0.5) is 0 Å². The second-order valence-electron chi connectivity index (χ2n) is 10.2. The third-order valence-corrected chi connectivity index (χ3v) is 9.17. The van der Waals surface area contributed by atoms with Crippen molar-refractivity contribution in [2.45, 2.75) is 37.0 Å². The Labute approximate surface area is 225 Å². The molecule has 3 aromatic carbocycles. The van der Waals surface area contributed by atoms with Crippen molar-refractivity contribution in [1.82, 2.24) is 14.1 Å². The first kappa shape index (κ1) is 26.6. The molecule has 5 rings (SSSR count). The summed E-state index contributed by atoms with van der Waals surface area (Å²) in [5.41, 5.74) is 2.97. The number of amides is 1. The molecule has 200 valence electrons. The Hall–Kier alpha value is -3.04. The normalized spacial score (nSPS) is 21.5. The zero-order valence-electron chi connectivity index (χ0n) is 21.9. The van der Waals surface area contributed by atoms with E-state index >= 15 is 0 Å². The zero-order chi connectivity index (χ0) is 26.7. The van der Waals surface area contributed by atoms with Crippen molar-refractivity contribution >= 4 is 15.9 Å². The van der Waals surface area contributed by atoms with Crippen molar-refractivity contribution in [3.05, 3.63) is 102 Å². The van der Waals surface area contributed by atoms with Crippen LogP contribution in [0, 0.1) is 0 Å². The van der Waals surface area contributed by atoms with E-state index in [-0.39, 0.29) is 29.1 Å². The number of nitrogens with zero attached hydrogens (tertiary/aromatic N) is 3. The minimum atomic E-state index is -3.64.